The van der Waals surface area contributed by atoms with Crippen molar-refractivity contribution in [2.45, 2.75) is 18.9 Å². The lowest BCUT2D eigenvalue weighted by Crippen LogP contribution is -2.17. The summed E-state index contributed by atoms with van der Waals surface area (Å²) in [6.45, 7) is 0. The summed E-state index contributed by atoms with van der Waals surface area (Å²) in [6.07, 6.45) is 2.16. The first-order valence-corrected chi connectivity index (χ1v) is 6.21. The molecule has 2 nitrogen and oxygen atoms in total. The van der Waals surface area contributed by atoms with Crippen LogP contribution in [0.1, 0.15) is 29.2 Å². The van der Waals surface area contributed by atoms with E-state index >= 15 is 0 Å². The van der Waals surface area contributed by atoms with E-state index in [0.717, 1.165) is 18.4 Å². The molecule has 1 aliphatic heterocycles. The molecule has 1 unspecified atom stereocenters. The minimum Gasteiger partial charge on any atom is -0.378 e. The van der Waals surface area contributed by atoms with Crippen molar-refractivity contribution in [1.29, 1.82) is 5.26 Å². The van der Waals surface area contributed by atoms with Crippen LogP contribution in [0, 0.1) is 11.3 Å². The summed E-state index contributed by atoms with van der Waals surface area (Å²) in [5.41, 5.74) is 4.53. The van der Waals surface area contributed by atoms with Gasteiger partial charge in [0, 0.05) is 5.69 Å². The molecule has 3 rings (SSSR count). The second-order valence-corrected chi connectivity index (χ2v) is 4.63. The van der Waals surface area contributed by atoms with E-state index in [1.54, 1.807) is 0 Å². The molecular formula is C16H14N2. The van der Waals surface area contributed by atoms with Crippen LogP contribution in [0.15, 0.2) is 48.5 Å². The quantitative estimate of drug-likeness (QED) is 0.817. The van der Waals surface area contributed by atoms with E-state index in [-0.39, 0.29) is 0 Å². The van der Waals surface area contributed by atoms with Gasteiger partial charge in [-0.05, 0) is 42.2 Å². The van der Waals surface area contributed by atoms with Gasteiger partial charge >= 0.3 is 0 Å². The highest BCUT2D eigenvalue weighted by atomic mass is 14.9. The standard InChI is InChI=1S/C16H14N2/c17-11-12-4-3-6-14(10-12)16-9-8-13-5-1-2-7-15(13)18-16/h1-7,10,16,18H,8-9H2. The number of fused-ring (bicyclic) bond motifs is 1. The Hall–Kier alpha value is -2.27. The number of nitrogens with zero attached hydrogens (tertiary/aromatic N) is 1. The third kappa shape index (κ3) is 1.96. The first-order valence-electron chi connectivity index (χ1n) is 6.21. The van der Waals surface area contributed by atoms with Crippen LogP contribution in [0.25, 0.3) is 0 Å². The minimum atomic E-state index is 0.313. The highest BCUT2D eigenvalue weighted by Gasteiger charge is 2.18. The Morgan fingerprint density at radius 3 is 2.89 bits per heavy atom. The van der Waals surface area contributed by atoms with E-state index in [1.807, 2.05) is 18.2 Å². The van der Waals surface area contributed by atoms with Gasteiger partial charge in [0.2, 0.25) is 0 Å². The van der Waals surface area contributed by atoms with Crippen LogP contribution in [0.2, 0.25) is 0 Å². The van der Waals surface area contributed by atoms with Crippen LogP contribution in [-0.2, 0) is 6.42 Å². The van der Waals surface area contributed by atoms with Crippen molar-refractivity contribution in [3.8, 4) is 6.07 Å². The summed E-state index contributed by atoms with van der Waals surface area (Å²) in [6, 6.07) is 18.8. The zero-order valence-corrected chi connectivity index (χ0v) is 10.1. The normalized spacial score (nSPS) is 17.4. The minimum absolute atomic E-state index is 0.313. The fourth-order valence-corrected chi connectivity index (χ4v) is 2.51. The Morgan fingerprint density at radius 1 is 1.11 bits per heavy atom. The monoisotopic (exact) mass is 234 g/mol. The summed E-state index contributed by atoms with van der Waals surface area (Å²) in [4.78, 5) is 0. The largest absolute Gasteiger partial charge is 0.378 e. The molecule has 1 aliphatic rings. The van der Waals surface area contributed by atoms with Gasteiger partial charge in [-0.2, -0.15) is 5.26 Å². The third-order valence-electron chi connectivity index (χ3n) is 3.47. The second-order valence-electron chi connectivity index (χ2n) is 4.63. The summed E-state index contributed by atoms with van der Waals surface area (Å²) in [7, 11) is 0. The van der Waals surface area contributed by atoms with Crippen molar-refractivity contribution in [3.63, 3.8) is 0 Å². The van der Waals surface area contributed by atoms with Gasteiger partial charge < -0.3 is 5.32 Å². The maximum Gasteiger partial charge on any atom is 0.0991 e. The number of nitriles is 1. The van der Waals surface area contributed by atoms with Crippen LogP contribution >= 0.6 is 0 Å². The van der Waals surface area contributed by atoms with Gasteiger partial charge in [0.1, 0.15) is 0 Å². The van der Waals surface area contributed by atoms with Crippen molar-refractivity contribution in [1.82, 2.24) is 0 Å². The Bertz CT molecular complexity index is 610. The molecule has 0 radical (unpaired) electrons. The number of benzene rings is 2. The van der Waals surface area contributed by atoms with Gasteiger partial charge in [-0.1, -0.05) is 30.3 Å². The number of nitrogens with one attached hydrogen (secondary N) is 1. The third-order valence-corrected chi connectivity index (χ3v) is 3.47. The van der Waals surface area contributed by atoms with Crippen LogP contribution in [0.5, 0.6) is 0 Å². The van der Waals surface area contributed by atoms with Crippen LogP contribution in [0.4, 0.5) is 5.69 Å². The number of anilines is 1. The predicted octanol–water partition coefficient (Wildman–Crippen LogP) is 3.66. The highest BCUT2D eigenvalue weighted by molar-refractivity contribution is 5.55. The molecule has 1 heterocycles. The van der Waals surface area contributed by atoms with E-state index in [1.165, 1.54) is 16.8 Å². The molecule has 0 amide bonds. The van der Waals surface area contributed by atoms with E-state index < -0.39 is 0 Å². The summed E-state index contributed by atoms with van der Waals surface area (Å²) >= 11 is 0. The van der Waals surface area contributed by atoms with E-state index in [2.05, 4.69) is 41.7 Å². The molecular weight excluding hydrogens is 220 g/mol. The molecule has 2 aromatic rings. The van der Waals surface area contributed by atoms with Gasteiger partial charge in [-0.3, -0.25) is 0 Å². The topological polar surface area (TPSA) is 35.8 Å². The molecule has 0 fully saturated rings. The van der Waals surface area contributed by atoms with Gasteiger partial charge in [0.05, 0.1) is 17.7 Å². The summed E-state index contributed by atoms with van der Waals surface area (Å²) < 4.78 is 0. The first kappa shape index (κ1) is 10.9. The summed E-state index contributed by atoms with van der Waals surface area (Å²) in [5.74, 6) is 0. The second kappa shape index (κ2) is 4.54. The average molecular weight is 234 g/mol. The van der Waals surface area contributed by atoms with Crippen LogP contribution in [-0.4, -0.2) is 0 Å². The van der Waals surface area contributed by atoms with Gasteiger partial charge in [0.25, 0.3) is 0 Å². The maximum atomic E-state index is 8.95. The van der Waals surface area contributed by atoms with E-state index in [4.69, 9.17) is 5.26 Å². The molecule has 1 N–H and O–H groups in total. The molecule has 0 saturated heterocycles. The Labute approximate surface area is 107 Å². The van der Waals surface area contributed by atoms with E-state index in [9.17, 15) is 0 Å². The van der Waals surface area contributed by atoms with Gasteiger partial charge in [-0.25, -0.2) is 0 Å². The Morgan fingerprint density at radius 2 is 2.00 bits per heavy atom. The molecule has 2 aromatic carbocycles. The fraction of sp³-hybridized carbons (Fsp3) is 0.188. The van der Waals surface area contributed by atoms with Crippen LogP contribution in [0.3, 0.4) is 0 Å². The molecule has 0 bridgehead atoms. The highest BCUT2D eigenvalue weighted by Crippen LogP contribution is 2.32. The molecule has 0 saturated carbocycles. The fourth-order valence-electron chi connectivity index (χ4n) is 2.51. The molecule has 0 aliphatic carbocycles. The number of hydrogen-bond donors (Lipinski definition) is 1. The molecule has 0 aromatic heterocycles. The molecule has 2 heteroatoms. The molecule has 88 valence electrons. The lowest BCUT2D eigenvalue weighted by Gasteiger charge is -2.27. The molecule has 1 atom stereocenters. The van der Waals surface area contributed by atoms with E-state index in [0.29, 0.717) is 6.04 Å². The van der Waals surface area contributed by atoms with Crippen LogP contribution < -0.4 is 5.32 Å². The zero-order chi connectivity index (χ0) is 12.4. The van der Waals surface area contributed by atoms with Crippen molar-refractivity contribution < 1.29 is 0 Å². The smallest absolute Gasteiger partial charge is 0.0991 e. The Balaban J connectivity index is 1.90. The molecule has 0 spiro atoms. The number of para-hydroxylation sites is 1. The zero-order valence-electron chi connectivity index (χ0n) is 10.1. The van der Waals surface area contributed by atoms with Crippen molar-refractivity contribution in [3.05, 3.63) is 65.2 Å². The lowest BCUT2D eigenvalue weighted by molar-refractivity contribution is 0.668. The van der Waals surface area contributed by atoms with Gasteiger partial charge in [0.15, 0.2) is 0 Å². The van der Waals surface area contributed by atoms with Crippen molar-refractivity contribution in [2.24, 2.45) is 0 Å². The Kier molecular flexibility index (Phi) is 2.74. The number of rotatable bonds is 1. The van der Waals surface area contributed by atoms with Gasteiger partial charge in [-0.15, -0.1) is 0 Å². The first-order chi connectivity index (χ1) is 8.86. The average Bonchev–Trinajstić information content (AvgIpc) is 2.47. The predicted molar refractivity (Wildman–Crippen MR) is 72.3 cm³/mol. The SMILES string of the molecule is N#Cc1cccc(C2CCc3ccccc3N2)c1. The van der Waals surface area contributed by atoms with Crippen molar-refractivity contribution >= 4 is 5.69 Å². The number of aryl methyl sites for hydroxylation is 1. The molecule has 18 heavy (non-hydrogen) atoms. The lowest BCUT2D eigenvalue weighted by atomic mass is 9.93. The summed E-state index contributed by atoms with van der Waals surface area (Å²) in [5, 5.41) is 12.5. The maximum absolute atomic E-state index is 8.95. The van der Waals surface area contributed by atoms with Crippen molar-refractivity contribution in [2.75, 3.05) is 5.32 Å². The number of hydrogen-bond acceptors (Lipinski definition) is 2.